The molecule has 4 heteroatoms. The third-order valence-electron chi connectivity index (χ3n) is 4.31. The first kappa shape index (κ1) is 13.3. The fourth-order valence-corrected chi connectivity index (χ4v) is 3.09. The molecule has 1 saturated heterocycles. The van der Waals surface area contributed by atoms with E-state index in [4.69, 9.17) is 0 Å². The van der Waals surface area contributed by atoms with Gasteiger partial charge in [-0.1, -0.05) is 25.1 Å². The van der Waals surface area contributed by atoms with Crippen molar-refractivity contribution in [1.82, 2.24) is 14.7 Å². The van der Waals surface area contributed by atoms with Gasteiger partial charge < -0.3 is 0 Å². The molecular formula is C16H21N3O. The van der Waals surface area contributed by atoms with Crippen LogP contribution in [0.3, 0.4) is 0 Å². The molecular weight excluding hydrogens is 250 g/mol. The van der Waals surface area contributed by atoms with Crippen LogP contribution in [0, 0.1) is 5.92 Å². The fraction of sp³-hybridized carbons (Fsp3) is 0.500. The molecule has 1 aromatic heterocycles. The molecule has 0 aliphatic carbocycles. The van der Waals surface area contributed by atoms with E-state index < -0.39 is 0 Å². The molecule has 1 atom stereocenters. The average molecular weight is 271 g/mol. The zero-order valence-corrected chi connectivity index (χ0v) is 12.2. The lowest BCUT2D eigenvalue weighted by molar-refractivity contribution is -0.126. The quantitative estimate of drug-likeness (QED) is 0.860. The van der Waals surface area contributed by atoms with Crippen molar-refractivity contribution in [2.45, 2.75) is 26.3 Å². The molecule has 106 valence electrons. The Labute approximate surface area is 119 Å². The van der Waals surface area contributed by atoms with Crippen LogP contribution < -0.4 is 0 Å². The van der Waals surface area contributed by atoms with Crippen LogP contribution in [0.5, 0.6) is 0 Å². The van der Waals surface area contributed by atoms with Gasteiger partial charge in [0.25, 0.3) is 0 Å². The van der Waals surface area contributed by atoms with E-state index in [1.807, 2.05) is 17.8 Å². The van der Waals surface area contributed by atoms with Gasteiger partial charge in [-0.3, -0.25) is 14.4 Å². The summed E-state index contributed by atoms with van der Waals surface area (Å²) in [7, 11) is 1.99. The van der Waals surface area contributed by atoms with E-state index in [1.54, 1.807) is 0 Å². The number of aryl methyl sites for hydroxylation is 1. The van der Waals surface area contributed by atoms with E-state index in [-0.39, 0.29) is 5.92 Å². The van der Waals surface area contributed by atoms with Crippen molar-refractivity contribution in [3.63, 3.8) is 0 Å². The third kappa shape index (κ3) is 2.36. The molecule has 1 fully saturated rings. The van der Waals surface area contributed by atoms with Crippen LogP contribution in [-0.4, -0.2) is 33.6 Å². The van der Waals surface area contributed by atoms with Gasteiger partial charge in [0.2, 0.25) is 0 Å². The number of ketones is 1. The minimum atomic E-state index is 0.207. The fourth-order valence-electron chi connectivity index (χ4n) is 3.09. The molecule has 1 aromatic carbocycles. The van der Waals surface area contributed by atoms with Gasteiger partial charge in [0.05, 0.1) is 11.2 Å². The molecule has 0 radical (unpaired) electrons. The molecule has 3 rings (SSSR count). The SMILES string of the molecule is CCC1CN(Cc2nn(C)c3ccccc23)CCC1=O. The maximum absolute atomic E-state index is 11.8. The van der Waals surface area contributed by atoms with Crippen LogP contribution in [-0.2, 0) is 18.4 Å². The second-order valence-corrected chi connectivity index (χ2v) is 5.64. The highest BCUT2D eigenvalue weighted by atomic mass is 16.1. The van der Waals surface area contributed by atoms with E-state index in [9.17, 15) is 4.79 Å². The zero-order chi connectivity index (χ0) is 14.1. The number of nitrogens with zero attached hydrogens (tertiary/aromatic N) is 3. The Morgan fingerprint density at radius 3 is 2.95 bits per heavy atom. The van der Waals surface area contributed by atoms with Gasteiger partial charge in [-0.2, -0.15) is 5.10 Å². The van der Waals surface area contributed by atoms with Crippen LogP contribution in [0.25, 0.3) is 10.9 Å². The predicted octanol–water partition coefficient (Wildman–Crippen LogP) is 2.37. The monoisotopic (exact) mass is 271 g/mol. The predicted molar refractivity (Wildman–Crippen MR) is 79.4 cm³/mol. The molecule has 0 spiro atoms. The molecule has 2 heterocycles. The smallest absolute Gasteiger partial charge is 0.138 e. The van der Waals surface area contributed by atoms with E-state index in [0.29, 0.717) is 12.2 Å². The van der Waals surface area contributed by atoms with Crippen molar-refractivity contribution < 1.29 is 4.79 Å². The van der Waals surface area contributed by atoms with E-state index in [0.717, 1.165) is 31.7 Å². The Morgan fingerprint density at radius 2 is 2.15 bits per heavy atom. The number of carbonyl (C=O) groups is 1. The van der Waals surface area contributed by atoms with Gasteiger partial charge in [-0.15, -0.1) is 0 Å². The summed E-state index contributed by atoms with van der Waals surface area (Å²) < 4.78 is 1.94. The number of rotatable bonds is 3. The van der Waals surface area contributed by atoms with Gasteiger partial charge in [-0.25, -0.2) is 0 Å². The van der Waals surface area contributed by atoms with Crippen molar-refractivity contribution in [3.8, 4) is 0 Å². The Bertz CT molecular complexity index is 632. The summed E-state index contributed by atoms with van der Waals surface area (Å²) in [6.45, 7) is 4.67. The van der Waals surface area contributed by atoms with Crippen molar-refractivity contribution in [2.75, 3.05) is 13.1 Å². The molecule has 0 N–H and O–H groups in total. The summed E-state index contributed by atoms with van der Waals surface area (Å²) in [5, 5.41) is 5.87. The minimum Gasteiger partial charge on any atom is -0.299 e. The van der Waals surface area contributed by atoms with Crippen molar-refractivity contribution in [2.24, 2.45) is 13.0 Å². The highest BCUT2D eigenvalue weighted by Gasteiger charge is 2.26. The second kappa shape index (κ2) is 5.37. The van der Waals surface area contributed by atoms with E-state index in [2.05, 4.69) is 35.1 Å². The topological polar surface area (TPSA) is 38.1 Å². The number of Topliss-reactive ketones (excluding diaryl/α,β-unsaturated/α-hetero) is 1. The molecule has 4 nitrogen and oxygen atoms in total. The second-order valence-electron chi connectivity index (χ2n) is 5.64. The molecule has 1 aliphatic rings. The van der Waals surface area contributed by atoms with E-state index >= 15 is 0 Å². The van der Waals surface area contributed by atoms with Gasteiger partial charge in [-0.05, 0) is 12.5 Å². The zero-order valence-electron chi connectivity index (χ0n) is 12.2. The number of carbonyl (C=O) groups excluding carboxylic acids is 1. The number of hydrogen-bond acceptors (Lipinski definition) is 3. The molecule has 0 saturated carbocycles. The lowest BCUT2D eigenvalue weighted by Crippen LogP contribution is -2.40. The standard InChI is InChI=1S/C16H21N3O/c1-3-12-10-19(9-8-16(12)20)11-14-13-6-4-5-7-15(13)18(2)17-14/h4-7,12H,3,8-11H2,1-2H3. The maximum Gasteiger partial charge on any atom is 0.138 e. The highest BCUT2D eigenvalue weighted by molar-refractivity contribution is 5.83. The van der Waals surface area contributed by atoms with Crippen LogP contribution in [0.1, 0.15) is 25.5 Å². The van der Waals surface area contributed by atoms with Crippen molar-refractivity contribution in [1.29, 1.82) is 0 Å². The number of benzene rings is 1. The van der Waals surface area contributed by atoms with Crippen LogP contribution in [0.15, 0.2) is 24.3 Å². The number of aromatic nitrogens is 2. The summed E-state index contributed by atoms with van der Waals surface area (Å²) >= 11 is 0. The average Bonchev–Trinajstić information content (AvgIpc) is 2.78. The first-order valence-corrected chi connectivity index (χ1v) is 7.34. The number of fused-ring (bicyclic) bond motifs is 1. The molecule has 1 unspecified atom stereocenters. The van der Waals surface area contributed by atoms with Gasteiger partial charge in [0, 0.05) is 44.4 Å². The van der Waals surface area contributed by atoms with Crippen LogP contribution in [0.4, 0.5) is 0 Å². The number of likely N-dealkylation sites (tertiary alicyclic amines) is 1. The number of piperidine rings is 1. The van der Waals surface area contributed by atoms with Crippen molar-refractivity contribution in [3.05, 3.63) is 30.0 Å². The number of hydrogen-bond donors (Lipinski definition) is 0. The minimum absolute atomic E-state index is 0.207. The largest absolute Gasteiger partial charge is 0.299 e. The first-order valence-electron chi connectivity index (χ1n) is 7.34. The van der Waals surface area contributed by atoms with Crippen LogP contribution in [0.2, 0.25) is 0 Å². The molecule has 2 aromatic rings. The summed E-state index contributed by atoms with van der Waals surface area (Å²) in [5.74, 6) is 0.633. The number of para-hydroxylation sites is 1. The Balaban J connectivity index is 1.81. The first-order chi connectivity index (χ1) is 9.69. The van der Waals surface area contributed by atoms with Crippen molar-refractivity contribution >= 4 is 16.7 Å². The summed E-state index contributed by atoms with van der Waals surface area (Å²) in [4.78, 5) is 14.2. The summed E-state index contributed by atoms with van der Waals surface area (Å²) in [6.07, 6.45) is 1.63. The molecule has 0 bridgehead atoms. The lowest BCUT2D eigenvalue weighted by Gasteiger charge is -2.30. The Kier molecular flexibility index (Phi) is 3.57. The summed E-state index contributed by atoms with van der Waals surface area (Å²) in [6, 6.07) is 8.33. The maximum atomic E-state index is 11.8. The van der Waals surface area contributed by atoms with Gasteiger partial charge >= 0.3 is 0 Å². The highest BCUT2D eigenvalue weighted by Crippen LogP contribution is 2.22. The molecule has 1 aliphatic heterocycles. The molecule has 20 heavy (non-hydrogen) atoms. The normalized spacial score (nSPS) is 20.7. The van der Waals surface area contributed by atoms with Crippen LogP contribution >= 0.6 is 0 Å². The Hall–Kier alpha value is -1.68. The lowest BCUT2D eigenvalue weighted by atomic mass is 9.94. The molecule has 0 amide bonds. The van der Waals surface area contributed by atoms with Gasteiger partial charge in [0.15, 0.2) is 0 Å². The van der Waals surface area contributed by atoms with Gasteiger partial charge in [0.1, 0.15) is 5.78 Å². The van der Waals surface area contributed by atoms with E-state index in [1.165, 1.54) is 10.9 Å². The summed E-state index contributed by atoms with van der Waals surface area (Å²) in [5.41, 5.74) is 2.29. The Morgan fingerprint density at radius 1 is 1.35 bits per heavy atom. The third-order valence-corrected chi connectivity index (χ3v) is 4.31.